The Morgan fingerprint density at radius 2 is 1.79 bits per heavy atom. The Morgan fingerprint density at radius 1 is 1.07 bits per heavy atom. The van der Waals surface area contributed by atoms with E-state index in [-0.39, 0.29) is 17.9 Å². The van der Waals surface area contributed by atoms with Crippen LogP contribution in [0, 0.1) is 0 Å². The first-order valence-electron chi connectivity index (χ1n) is 9.75. The van der Waals surface area contributed by atoms with E-state index < -0.39 is 0 Å². The third-order valence-corrected chi connectivity index (χ3v) is 5.38. The van der Waals surface area contributed by atoms with Crippen LogP contribution in [0.5, 0.6) is 0 Å². The second-order valence-corrected chi connectivity index (χ2v) is 7.55. The lowest BCUT2D eigenvalue weighted by Gasteiger charge is -2.23. The Kier molecular flexibility index (Phi) is 6.57. The standard InChI is InChI=1S/C22H26ClN3O2/c1-3-15(2)24-22(28)18-14-16(10-11-20(18)26-12-6-7-13-26)25-21(27)17-8-4-5-9-19(17)23/h4-5,8-11,14-15H,3,6-7,12-13H2,1-2H3,(H,24,28)(H,25,27). The van der Waals surface area contributed by atoms with E-state index in [0.717, 1.165) is 38.0 Å². The molecular weight excluding hydrogens is 374 g/mol. The van der Waals surface area contributed by atoms with Crippen LogP contribution in [0.3, 0.4) is 0 Å². The van der Waals surface area contributed by atoms with Gasteiger partial charge in [0.15, 0.2) is 0 Å². The topological polar surface area (TPSA) is 61.4 Å². The van der Waals surface area contributed by atoms with Gasteiger partial charge in [-0.25, -0.2) is 0 Å². The largest absolute Gasteiger partial charge is 0.371 e. The molecule has 2 N–H and O–H groups in total. The van der Waals surface area contributed by atoms with Crippen LogP contribution in [-0.4, -0.2) is 30.9 Å². The van der Waals surface area contributed by atoms with Crippen molar-refractivity contribution in [1.82, 2.24) is 5.32 Å². The second-order valence-electron chi connectivity index (χ2n) is 7.14. The summed E-state index contributed by atoms with van der Waals surface area (Å²) in [6.45, 7) is 5.90. The number of carbonyl (C=O) groups excluding carboxylic acids is 2. The Hall–Kier alpha value is -2.53. The van der Waals surface area contributed by atoms with Crippen molar-refractivity contribution in [2.75, 3.05) is 23.3 Å². The maximum absolute atomic E-state index is 12.9. The summed E-state index contributed by atoms with van der Waals surface area (Å²) in [7, 11) is 0. The highest BCUT2D eigenvalue weighted by molar-refractivity contribution is 6.34. The van der Waals surface area contributed by atoms with Crippen LogP contribution in [0.25, 0.3) is 0 Å². The van der Waals surface area contributed by atoms with Crippen molar-refractivity contribution in [2.45, 2.75) is 39.2 Å². The molecule has 1 saturated heterocycles. The van der Waals surface area contributed by atoms with E-state index in [1.54, 1.807) is 30.3 Å². The molecule has 0 saturated carbocycles. The van der Waals surface area contributed by atoms with Crippen molar-refractivity contribution < 1.29 is 9.59 Å². The molecule has 1 aliphatic heterocycles. The molecule has 0 spiro atoms. The van der Waals surface area contributed by atoms with Crippen LogP contribution in [0.1, 0.15) is 53.8 Å². The third-order valence-electron chi connectivity index (χ3n) is 5.05. The number of nitrogens with zero attached hydrogens (tertiary/aromatic N) is 1. The van der Waals surface area contributed by atoms with E-state index in [4.69, 9.17) is 11.6 Å². The molecule has 6 heteroatoms. The predicted octanol–water partition coefficient (Wildman–Crippen LogP) is 4.72. The lowest BCUT2D eigenvalue weighted by molar-refractivity contribution is 0.0938. The van der Waals surface area contributed by atoms with Gasteiger partial charge in [-0.1, -0.05) is 30.7 Å². The maximum Gasteiger partial charge on any atom is 0.257 e. The minimum absolute atomic E-state index is 0.0836. The molecule has 2 aromatic rings. The number of halogens is 1. The molecule has 5 nitrogen and oxygen atoms in total. The van der Waals surface area contributed by atoms with Crippen LogP contribution in [0.15, 0.2) is 42.5 Å². The van der Waals surface area contributed by atoms with Crippen LogP contribution in [0.4, 0.5) is 11.4 Å². The van der Waals surface area contributed by atoms with E-state index in [1.807, 2.05) is 26.0 Å². The smallest absolute Gasteiger partial charge is 0.257 e. The number of anilines is 2. The van der Waals surface area contributed by atoms with Gasteiger partial charge in [-0.2, -0.15) is 0 Å². The average molecular weight is 400 g/mol. The molecule has 0 aliphatic carbocycles. The summed E-state index contributed by atoms with van der Waals surface area (Å²) in [6.07, 6.45) is 3.10. The van der Waals surface area contributed by atoms with Gasteiger partial charge in [0.2, 0.25) is 0 Å². The van der Waals surface area contributed by atoms with Gasteiger partial charge in [-0.3, -0.25) is 9.59 Å². The molecule has 1 aliphatic rings. The first kappa shape index (κ1) is 20.2. The van der Waals surface area contributed by atoms with E-state index in [1.165, 1.54) is 0 Å². The Morgan fingerprint density at radius 3 is 2.46 bits per heavy atom. The lowest BCUT2D eigenvalue weighted by Crippen LogP contribution is -2.33. The molecule has 1 heterocycles. The van der Waals surface area contributed by atoms with Gasteiger partial charge in [0, 0.05) is 30.5 Å². The first-order chi connectivity index (χ1) is 13.5. The van der Waals surface area contributed by atoms with Gasteiger partial charge in [-0.15, -0.1) is 0 Å². The fourth-order valence-electron chi connectivity index (χ4n) is 3.28. The van der Waals surface area contributed by atoms with Gasteiger partial charge >= 0.3 is 0 Å². The number of hydrogen-bond acceptors (Lipinski definition) is 3. The zero-order chi connectivity index (χ0) is 20.1. The van der Waals surface area contributed by atoms with Gasteiger partial charge < -0.3 is 15.5 Å². The Labute approximate surface area is 171 Å². The monoisotopic (exact) mass is 399 g/mol. The van der Waals surface area contributed by atoms with Crippen molar-refractivity contribution >= 4 is 34.8 Å². The normalized spacial score (nSPS) is 14.6. The molecule has 1 unspecified atom stereocenters. The van der Waals surface area contributed by atoms with Crippen molar-refractivity contribution in [2.24, 2.45) is 0 Å². The highest BCUT2D eigenvalue weighted by atomic mass is 35.5. The zero-order valence-corrected chi connectivity index (χ0v) is 17.1. The fraction of sp³-hybridized carbons (Fsp3) is 0.364. The molecule has 1 atom stereocenters. The van der Waals surface area contributed by atoms with Crippen LogP contribution >= 0.6 is 11.6 Å². The number of amides is 2. The number of nitrogens with one attached hydrogen (secondary N) is 2. The summed E-state index contributed by atoms with van der Waals surface area (Å²) in [5.74, 6) is -0.419. The van der Waals surface area contributed by atoms with Gasteiger partial charge in [0.25, 0.3) is 11.8 Å². The summed E-state index contributed by atoms with van der Waals surface area (Å²) in [6, 6.07) is 12.5. The van der Waals surface area contributed by atoms with Crippen LogP contribution in [0.2, 0.25) is 5.02 Å². The van der Waals surface area contributed by atoms with Crippen LogP contribution in [-0.2, 0) is 0 Å². The van der Waals surface area contributed by atoms with E-state index >= 15 is 0 Å². The average Bonchev–Trinajstić information content (AvgIpc) is 3.22. The minimum atomic E-state index is -0.298. The van der Waals surface area contributed by atoms with Crippen LogP contribution < -0.4 is 15.5 Å². The summed E-state index contributed by atoms with van der Waals surface area (Å²) < 4.78 is 0. The highest BCUT2D eigenvalue weighted by Gasteiger charge is 2.21. The molecule has 28 heavy (non-hydrogen) atoms. The summed E-state index contributed by atoms with van der Waals surface area (Å²) in [5, 5.41) is 6.28. The fourth-order valence-corrected chi connectivity index (χ4v) is 3.50. The van der Waals surface area contributed by atoms with Crippen molar-refractivity contribution in [3.8, 4) is 0 Å². The lowest BCUT2D eigenvalue weighted by atomic mass is 10.1. The molecule has 148 valence electrons. The molecule has 2 amide bonds. The van der Waals surface area contributed by atoms with Crippen molar-refractivity contribution in [3.05, 3.63) is 58.6 Å². The number of carbonyl (C=O) groups is 2. The Bertz CT molecular complexity index is 863. The highest BCUT2D eigenvalue weighted by Crippen LogP contribution is 2.28. The number of hydrogen-bond donors (Lipinski definition) is 2. The van der Waals surface area contributed by atoms with Crippen molar-refractivity contribution in [3.63, 3.8) is 0 Å². The maximum atomic E-state index is 12.9. The first-order valence-corrected chi connectivity index (χ1v) is 10.1. The predicted molar refractivity (Wildman–Crippen MR) is 115 cm³/mol. The van der Waals surface area contributed by atoms with Crippen molar-refractivity contribution in [1.29, 1.82) is 0 Å². The third kappa shape index (κ3) is 4.65. The quantitative estimate of drug-likeness (QED) is 0.738. The molecule has 0 bridgehead atoms. The summed E-state index contributed by atoms with van der Waals surface area (Å²) >= 11 is 6.12. The SMILES string of the molecule is CCC(C)NC(=O)c1cc(NC(=O)c2ccccc2Cl)ccc1N1CCCC1. The molecular formula is C22H26ClN3O2. The molecule has 3 rings (SSSR count). The molecule has 0 radical (unpaired) electrons. The summed E-state index contributed by atoms with van der Waals surface area (Å²) in [5.41, 5.74) is 2.47. The second kappa shape index (κ2) is 9.11. The minimum Gasteiger partial charge on any atom is -0.371 e. The number of benzene rings is 2. The Balaban J connectivity index is 1.88. The van der Waals surface area contributed by atoms with Gasteiger partial charge in [0.05, 0.1) is 16.1 Å². The molecule has 1 fully saturated rings. The summed E-state index contributed by atoms with van der Waals surface area (Å²) in [4.78, 5) is 27.7. The molecule has 2 aromatic carbocycles. The zero-order valence-electron chi connectivity index (χ0n) is 16.3. The number of rotatable bonds is 6. The van der Waals surface area contributed by atoms with E-state index in [9.17, 15) is 9.59 Å². The van der Waals surface area contributed by atoms with Gasteiger partial charge in [0.1, 0.15) is 0 Å². The van der Waals surface area contributed by atoms with E-state index in [0.29, 0.717) is 21.8 Å². The molecule has 0 aromatic heterocycles. The van der Waals surface area contributed by atoms with E-state index in [2.05, 4.69) is 15.5 Å². The van der Waals surface area contributed by atoms with Gasteiger partial charge in [-0.05, 0) is 56.5 Å².